The number of imide groups is 1. The summed E-state index contributed by atoms with van der Waals surface area (Å²) in [6.45, 7) is 0.912. The molecule has 1 aromatic carbocycles. The number of halogens is 1. The monoisotopic (exact) mass is 292 g/mol. The van der Waals surface area contributed by atoms with Gasteiger partial charge in [-0.05, 0) is 18.6 Å². The Labute approximate surface area is 121 Å². The Morgan fingerprint density at radius 2 is 2.25 bits per heavy atom. The minimum absolute atomic E-state index is 0.0648. The number of hydrogen-bond donors (Lipinski definition) is 2. The van der Waals surface area contributed by atoms with Gasteiger partial charge in [-0.25, -0.2) is 4.79 Å². The van der Waals surface area contributed by atoms with Crippen LogP contribution in [0.3, 0.4) is 0 Å². The number of hydrogen-bond acceptors (Lipinski definition) is 4. The first-order valence-corrected chi connectivity index (χ1v) is 6.52. The fourth-order valence-electron chi connectivity index (χ4n) is 1.93. The van der Waals surface area contributed by atoms with E-state index in [1.54, 1.807) is 18.2 Å². The summed E-state index contributed by atoms with van der Waals surface area (Å²) < 4.78 is 0. The Balaban J connectivity index is 1.87. The van der Waals surface area contributed by atoms with Crippen molar-refractivity contribution in [2.45, 2.75) is 6.42 Å². The van der Waals surface area contributed by atoms with Crippen molar-refractivity contribution in [2.75, 3.05) is 25.0 Å². The highest BCUT2D eigenvalue weighted by molar-refractivity contribution is 6.33. The van der Waals surface area contributed by atoms with Gasteiger partial charge in [-0.3, -0.25) is 9.69 Å². The highest BCUT2D eigenvalue weighted by atomic mass is 35.5. The molecular weight excluding hydrogens is 280 g/mol. The first-order valence-electron chi connectivity index (χ1n) is 6.14. The van der Waals surface area contributed by atoms with Crippen LogP contribution in [0, 0.1) is 11.3 Å². The van der Waals surface area contributed by atoms with Gasteiger partial charge in [-0.2, -0.15) is 5.26 Å². The molecule has 0 aliphatic carbocycles. The molecular formula is C13H13ClN4O2. The van der Waals surface area contributed by atoms with Gasteiger partial charge in [-0.15, -0.1) is 0 Å². The second-order valence-corrected chi connectivity index (χ2v) is 4.67. The molecule has 0 bridgehead atoms. The van der Waals surface area contributed by atoms with Gasteiger partial charge >= 0.3 is 6.03 Å². The Kier molecular flexibility index (Phi) is 4.43. The predicted molar refractivity (Wildman–Crippen MR) is 74.4 cm³/mol. The van der Waals surface area contributed by atoms with Gasteiger partial charge in [-0.1, -0.05) is 17.7 Å². The van der Waals surface area contributed by atoms with Crippen molar-refractivity contribution in [1.82, 2.24) is 10.2 Å². The Morgan fingerprint density at radius 3 is 2.90 bits per heavy atom. The van der Waals surface area contributed by atoms with Crippen LogP contribution in [0.15, 0.2) is 18.2 Å². The quantitative estimate of drug-likeness (QED) is 0.637. The van der Waals surface area contributed by atoms with Crippen LogP contribution in [0.4, 0.5) is 10.5 Å². The number of carbonyl (C=O) groups is 2. The molecule has 2 rings (SSSR count). The van der Waals surface area contributed by atoms with E-state index >= 15 is 0 Å². The van der Waals surface area contributed by atoms with Crippen LogP contribution in [-0.4, -0.2) is 36.5 Å². The lowest BCUT2D eigenvalue weighted by molar-refractivity contribution is -0.124. The van der Waals surface area contributed by atoms with Gasteiger partial charge in [0, 0.05) is 13.1 Å². The van der Waals surface area contributed by atoms with Crippen molar-refractivity contribution in [3.63, 3.8) is 0 Å². The number of urea groups is 1. The molecule has 0 atom stereocenters. The maximum Gasteiger partial charge on any atom is 0.324 e. The molecule has 0 radical (unpaired) electrons. The molecule has 20 heavy (non-hydrogen) atoms. The summed E-state index contributed by atoms with van der Waals surface area (Å²) in [4.78, 5) is 23.9. The molecule has 7 heteroatoms. The van der Waals surface area contributed by atoms with Crippen LogP contribution in [0.2, 0.25) is 5.02 Å². The number of para-hydroxylation sites is 1. The fraction of sp³-hybridized carbons (Fsp3) is 0.308. The number of nitriles is 1. The number of amides is 3. The smallest absolute Gasteiger partial charge is 0.324 e. The largest absolute Gasteiger partial charge is 0.383 e. The number of nitrogens with one attached hydrogen (secondary N) is 2. The molecule has 1 aliphatic rings. The Hall–Kier alpha value is -2.26. The molecule has 0 unspecified atom stereocenters. The second-order valence-electron chi connectivity index (χ2n) is 4.26. The lowest BCUT2D eigenvalue weighted by atomic mass is 10.2. The fourth-order valence-corrected chi connectivity index (χ4v) is 2.17. The lowest BCUT2D eigenvalue weighted by Gasteiger charge is -2.13. The van der Waals surface area contributed by atoms with Crippen molar-refractivity contribution < 1.29 is 9.59 Å². The normalized spacial score (nSPS) is 14.1. The van der Waals surface area contributed by atoms with Crippen molar-refractivity contribution >= 4 is 29.2 Å². The van der Waals surface area contributed by atoms with E-state index in [0.29, 0.717) is 35.8 Å². The van der Waals surface area contributed by atoms with Crippen LogP contribution < -0.4 is 10.6 Å². The SMILES string of the molecule is N#Cc1cccc(Cl)c1NCCCN1C(=O)CNC1=O. The molecule has 1 saturated heterocycles. The lowest BCUT2D eigenvalue weighted by Crippen LogP contribution is -2.32. The van der Waals surface area contributed by atoms with Crippen molar-refractivity contribution in [1.29, 1.82) is 5.26 Å². The number of nitrogens with zero attached hydrogens (tertiary/aromatic N) is 2. The van der Waals surface area contributed by atoms with E-state index in [-0.39, 0.29) is 18.5 Å². The predicted octanol–water partition coefficient (Wildman–Crippen LogP) is 1.57. The zero-order valence-electron chi connectivity index (χ0n) is 10.6. The number of anilines is 1. The van der Waals surface area contributed by atoms with Crippen LogP contribution in [0.5, 0.6) is 0 Å². The topological polar surface area (TPSA) is 85.2 Å². The zero-order chi connectivity index (χ0) is 14.5. The second kappa shape index (κ2) is 6.26. The van der Waals surface area contributed by atoms with Gasteiger partial charge in [0.2, 0.25) is 5.91 Å². The average Bonchev–Trinajstić information content (AvgIpc) is 2.76. The van der Waals surface area contributed by atoms with E-state index in [9.17, 15) is 9.59 Å². The Bertz CT molecular complexity index is 566. The maximum absolute atomic E-state index is 11.4. The van der Waals surface area contributed by atoms with Crippen LogP contribution in [0.25, 0.3) is 0 Å². The molecule has 3 amide bonds. The molecule has 2 N–H and O–H groups in total. The summed E-state index contributed by atoms with van der Waals surface area (Å²) in [7, 11) is 0. The molecule has 1 heterocycles. The van der Waals surface area contributed by atoms with Crippen molar-refractivity contribution in [3.8, 4) is 6.07 Å². The van der Waals surface area contributed by atoms with Crippen LogP contribution in [0.1, 0.15) is 12.0 Å². The molecule has 0 aromatic heterocycles. The van der Waals surface area contributed by atoms with E-state index in [0.717, 1.165) is 0 Å². The number of benzene rings is 1. The van der Waals surface area contributed by atoms with Gasteiger partial charge in [0.15, 0.2) is 0 Å². The standard InChI is InChI=1S/C13H13ClN4O2/c14-10-4-1-3-9(7-15)12(10)16-5-2-6-18-11(19)8-17-13(18)20/h1,3-4,16H,2,5-6,8H2,(H,17,20). The molecule has 1 aromatic rings. The molecule has 1 fully saturated rings. The van der Waals surface area contributed by atoms with Gasteiger partial charge in [0.1, 0.15) is 6.07 Å². The summed E-state index contributed by atoms with van der Waals surface area (Å²) in [5.74, 6) is -0.217. The van der Waals surface area contributed by atoms with E-state index in [1.807, 2.05) is 0 Å². The summed E-state index contributed by atoms with van der Waals surface area (Å²) in [6, 6.07) is 6.78. The summed E-state index contributed by atoms with van der Waals surface area (Å²) in [6.07, 6.45) is 0.579. The average molecular weight is 293 g/mol. The minimum Gasteiger partial charge on any atom is -0.383 e. The third-order valence-electron chi connectivity index (χ3n) is 2.93. The number of carbonyl (C=O) groups excluding carboxylic acids is 2. The van der Waals surface area contributed by atoms with E-state index in [1.165, 1.54) is 4.90 Å². The van der Waals surface area contributed by atoms with Crippen LogP contribution in [-0.2, 0) is 4.79 Å². The summed E-state index contributed by atoms with van der Waals surface area (Å²) >= 11 is 6.02. The molecule has 1 aliphatic heterocycles. The Morgan fingerprint density at radius 1 is 1.45 bits per heavy atom. The van der Waals surface area contributed by atoms with Crippen molar-refractivity contribution in [3.05, 3.63) is 28.8 Å². The van der Waals surface area contributed by atoms with Gasteiger partial charge < -0.3 is 10.6 Å². The third kappa shape index (κ3) is 3.00. The van der Waals surface area contributed by atoms with E-state index in [4.69, 9.17) is 16.9 Å². The third-order valence-corrected chi connectivity index (χ3v) is 3.25. The molecule has 6 nitrogen and oxygen atoms in total. The number of rotatable bonds is 5. The zero-order valence-corrected chi connectivity index (χ0v) is 11.4. The van der Waals surface area contributed by atoms with E-state index in [2.05, 4.69) is 16.7 Å². The van der Waals surface area contributed by atoms with Gasteiger partial charge in [0.25, 0.3) is 0 Å². The first kappa shape index (κ1) is 14.2. The molecule has 0 spiro atoms. The van der Waals surface area contributed by atoms with Gasteiger partial charge in [0.05, 0.1) is 22.8 Å². The highest BCUT2D eigenvalue weighted by Crippen LogP contribution is 2.25. The summed E-state index contributed by atoms with van der Waals surface area (Å²) in [5.41, 5.74) is 1.04. The molecule has 104 valence electrons. The minimum atomic E-state index is -0.356. The first-order chi connectivity index (χ1) is 9.63. The van der Waals surface area contributed by atoms with Crippen LogP contribution >= 0.6 is 11.6 Å². The van der Waals surface area contributed by atoms with Crippen molar-refractivity contribution in [2.24, 2.45) is 0 Å². The molecule has 0 saturated carbocycles. The van der Waals surface area contributed by atoms with E-state index < -0.39 is 0 Å². The maximum atomic E-state index is 11.4. The highest BCUT2D eigenvalue weighted by Gasteiger charge is 2.27. The summed E-state index contributed by atoms with van der Waals surface area (Å²) in [5, 5.41) is 15.0.